The highest BCUT2D eigenvalue weighted by Crippen LogP contribution is 2.18. The van der Waals surface area contributed by atoms with E-state index in [1.165, 1.54) is 0 Å². The van der Waals surface area contributed by atoms with Gasteiger partial charge in [0.15, 0.2) is 0 Å². The van der Waals surface area contributed by atoms with E-state index in [2.05, 4.69) is 14.9 Å². The van der Waals surface area contributed by atoms with Crippen molar-refractivity contribution in [3.63, 3.8) is 0 Å². The Kier molecular flexibility index (Phi) is 4.37. The van der Waals surface area contributed by atoms with Crippen molar-refractivity contribution in [3.8, 4) is 0 Å². The summed E-state index contributed by atoms with van der Waals surface area (Å²) in [6.07, 6.45) is 0.949. The number of piperazine rings is 1. The Bertz CT molecular complexity index is 340. The summed E-state index contributed by atoms with van der Waals surface area (Å²) >= 11 is 0. The maximum Gasteiger partial charge on any atom is 0.279 e. The van der Waals surface area contributed by atoms with Gasteiger partial charge in [-0.25, -0.2) is 4.72 Å². The average Bonchev–Trinajstić information content (AvgIpc) is 2.80. The molecule has 0 aromatic carbocycles. The summed E-state index contributed by atoms with van der Waals surface area (Å²) in [5.74, 6) is 0. The second kappa shape index (κ2) is 5.62. The molecule has 7 heteroatoms. The molecule has 100 valence electrons. The predicted octanol–water partition coefficient (Wildman–Crippen LogP) is -1.18. The van der Waals surface area contributed by atoms with Gasteiger partial charge in [-0.3, -0.25) is 4.90 Å². The average molecular weight is 262 g/mol. The number of hydrogen-bond acceptors (Lipinski definition) is 4. The summed E-state index contributed by atoms with van der Waals surface area (Å²) in [6, 6.07) is 0.394. The topological polar surface area (TPSA) is 64.7 Å². The van der Waals surface area contributed by atoms with Gasteiger partial charge in [0.2, 0.25) is 0 Å². The first kappa shape index (κ1) is 13.2. The Hall–Kier alpha value is -0.210. The summed E-state index contributed by atoms with van der Waals surface area (Å²) in [5.41, 5.74) is 0. The van der Waals surface area contributed by atoms with Crippen LogP contribution < -0.4 is 10.0 Å². The fourth-order valence-electron chi connectivity index (χ4n) is 2.55. The van der Waals surface area contributed by atoms with Gasteiger partial charge in [-0.1, -0.05) is 6.92 Å². The van der Waals surface area contributed by atoms with E-state index in [4.69, 9.17) is 0 Å². The van der Waals surface area contributed by atoms with Crippen LogP contribution in [0.15, 0.2) is 0 Å². The SMILES string of the molecule is CCNS(=O)(=O)N1CCC(N2CCNCC2)C1. The molecule has 2 aliphatic heterocycles. The van der Waals surface area contributed by atoms with E-state index in [9.17, 15) is 8.42 Å². The van der Waals surface area contributed by atoms with Gasteiger partial charge in [-0.15, -0.1) is 0 Å². The van der Waals surface area contributed by atoms with Gasteiger partial charge in [0.1, 0.15) is 0 Å². The van der Waals surface area contributed by atoms with E-state index >= 15 is 0 Å². The van der Waals surface area contributed by atoms with Crippen LogP contribution in [-0.4, -0.2) is 69.5 Å². The molecular formula is C10H22N4O2S. The molecule has 2 rings (SSSR count). The lowest BCUT2D eigenvalue weighted by atomic mass is 10.2. The van der Waals surface area contributed by atoms with E-state index in [0.717, 1.165) is 32.6 Å². The minimum atomic E-state index is -3.24. The van der Waals surface area contributed by atoms with Gasteiger partial charge >= 0.3 is 0 Å². The molecule has 2 heterocycles. The van der Waals surface area contributed by atoms with E-state index in [1.807, 2.05) is 0 Å². The summed E-state index contributed by atoms with van der Waals surface area (Å²) in [7, 11) is -3.24. The van der Waals surface area contributed by atoms with Crippen molar-refractivity contribution in [2.24, 2.45) is 0 Å². The van der Waals surface area contributed by atoms with Crippen molar-refractivity contribution in [1.29, 1.82) is 0 Å². The predicted molar refractivity (Wildman–Crippen MR) is 67.0 cm³/mol. The Morgan fingerprint density at radius 3 is 2.65 bits per heavy atom. The van der Waals surface area contributed by atoms with E-state index in [0.29, 0.717) is 25.7 Å². The van der Waals surface area contributed by atoms with Crippen molar-refractivity contribution in [1.82, 2.24) is 19.2 Å². The van der Waals surface area contributed by atoms with Crippen LogP contribution in [0.25, 0.3) is 0 Å². The molecule has 0 aromatic heterocycles. The third kappa shape index (κ3) is 3.17. The molecule has 0 amide bonds. The van der Waals surface area contributed by atoms with Crippen molar-refractivity contribution in [2.45, 2.75) is 19.4 Å². The quantitative estimate of drug-likeness (QED) is 0.669. The smallest absolute Gasteiger partial charge is 0.279 e. The lowest BCUT2D eigenvalue weighted by Crippen LogP contribution is -2.50. The zero-order chi connectivity index (χ0) is 12.3. The molecule has 0 spiro atoms. The number of hydrogen-bond donors (Lipinski definition) is 2. The second-order valence-corrected chi connectivity index (χ2v) is 6.34. The van der Waals surface area contributed by atoms with Crippen LogP contribution in [0.5, 0.6) is 0 Å². The maximum absolute atomic E-state index is 11.8. The highest BCUT2D eigenvalue weighted by molar-refractivity contribution is 7.87. The standard InChI is InChI=1S/C10H22N4O2S/c1-2-12-17(15,16)14-6-3-10(9-14)13-7-4-11-5-8-13/h10-12H,2-9H2,1H3. The van der Waals surface area contributed by atoms with Crippen molar-refractivity contribution >= 4 is 10.2 Å². The highest BCUT2D eigenvalue weighted by Gasteiger charge is 2.34. The van der Waals surface area contributed by atoms with Gasteiger partial charge < -0.3 is 5.32 Å². The summed E-state index contributed by atoms with van der Waals surface area (Å²) in [4.78, 5) is 2.40. The summed E-state index contributed by atoms with van der Waals surface area (Å²) in [5, 5.41) is 3.31. The maximum atomic E-state index is 11.8. The molecule has 0 bridgehead atoms. The lowest BCUT2D eigenvalue weighted by molar-refractivity contribution is 0.179. The van der Waals surface area contributed by atoms with Crippen LogP contribution in [-0.2, 0) is 10.2 Å². The molecule has 0 aliphatic carbocycles. The first-order valence-corrected chi connectivity index (χ1v) is 7.77. The molecule has 0 radical (unpaired) electrons. The molecule has 1 atom stereocenters. The van der Waals surface area contributed by atoms with Gasteiger partial charge in [0.05, 0.1) is 0 Å². The lowest BCUT2D eigenvalue weighted by Gasteiger charge is -2.32. The molecule has 2 aliphatic rings. The van der Waals surface area contributed by atoms with Crippen LogP contribution in [0.2, 0.25) is 0 Å². The summed E-state index contributed by atoms with van der Waals surface area (Å²) < 4.78 is 27.8. The molecular weight excluding hydrogens is 240 g/mol. The molecule has 2 saturated heterocycles. The van der Waals surface area contributed by atoms with Crippen LogP contribution in [0.1, 0.15) is 13.3 Å². The molecule has 6 nitrogen and oxygen atoms in total. The molecule has 0 saturated carbocycles. The van der Waals surface area contributed by atoms with Gasteiger partial charge in [-0.05, 0) is 6.42 Å². The van der Waals surface area contributed by atoms with Crippen LogP contribution in [0, 0.1) is 0 Å². The van der Waals surface area contributed by atoms with E-state index in [-0.39, 0.29) is 0 Å². The van der Waals surface area contributed by atoms with E-state index in [1.54, 1.807) is 11.2 Å². The van der Waals surface area contributed by atoms with Gasteiger partial charge in [-0.2, -0.15) is 12.7 Å². The van der Waals surface area contributed by atoms with Crippen molar-refractivity contribution in [2.75, 3.05) is 45.8 Å². The van der Waals surface area contributed by atoms with Crippen molar-refractivity contribution in [3.05, 3.63) is 0 Å². The highest BCUT2D eigenvalue weighted by atomic mass is 32.2. The Labute approximate surface area is 104 Å². The molecule has 1 unspecified atom stereocenters. The largest absolute Gasteiger partial charge is 0.314 e. The monoisotopic (exact) mass is 262 g/mol. The second-order valence-electron chi connectivity index (χ2n) is 4.59. The van der Waals surface area contributed by atoms with Crippen LogP contribution >= 0.6 is 0 Å². The van der Waals surface area contributed by atoms with Crippen LogP contribution in [0.3, 0.4) is 0 Å². The Morgan fingerprint density at radius 1 is 1.29 bits per heavy atom. The first-order chi connectivity index (χ1) is 8.13. The molecule has 2 N–H and O–H groups in total. The van der Waals surface area contributed by atoms with Crippen LogP contribution in [0.4, 0.5) is 0 Å². The molecule has 0 aromatic rings. The fraction of sp³-hybridized carbons (Fsp3) is 1.00. The van der Waals surface area contributed by atoms with E-state index < -0.39 is 10.2 Å². The summed E-state index contributed by atoms with van der Waals surface area (Å²) in [6.45, 7) is 7.62. The molecule has 17 heavy (non-hydrogen) atoms. The zero-order valence-electron chi connectivity index (χ0n) is 10.4. The fourth-order valence-corrected chi connectivity index (χ4v) is 3.81. The Morgan fingerprint density at radius 2 is 2.00 bits per heavy atom. The third-order valence-electron chi connectivity index (χ3n) is 3.46. The molecule has 2 fully saturated rings. The Balaban J connectivity index is 1.90. The zero-order valence-corrected chi connectivity index (χ0v) is 11.2. The number of nitrogens with zero attached hydrogens (tertiary/aromatic N) is 2. The minimum absolute atomic E-state index is 0.394. The van der Waals surface area contributed by atoms with Crippen molar-refractivity contribution < 1.29 is 8.42 Å². The number of nitrogens with one attached hydrogen (secondary N) is 2. The minimum Gasteiger partial charge on any atom is -0.314 e. The number of rotatable bonds is 4. The van der Waals surface area contributed by atoms with Gasteiger partial charge in [0, 0.05) is 51.9 Å². The van der Waals surface area contributed by atoms with Gasteiger partial charge in [0.25, 0.3) is 10.2 Å². The third-order valence-corrected chi connectivity index (χ3v) is 5.13. The normalized spacial score (nSPS) is 28.6. The first-order valence-electron chi connectivity index (χ1n) is 6.33.